The molecule has 0 unspecified atom stereocenters. The van der Waals surface area contributed by atoms with Crippen molar-refractivity contribution in [3.63, 3.8) is 0 Å². The van der Waals surface area contributed by atoms with E-state index in [9.17, 15) is 19.2 Å². The summed E-state index contributed by atoms with van der Waals surface area (Å²) < 4.78 is 19.1. The van der Waals surface area contributed by atoms with Crippen LogP contribution < -0.4 is 5.73 Å². The predicted molar refractivity (Wildman–Crippen MR) is 90.7 cm³/mol. The molecule has 0 aromatic heterocycles. The van der Waals surface area contributed by atoms with Crippen molar-refractivity contribution in [3.8, 4) is 0 Å². The van der Waals surface area contributed by atoms with Gasteiger partial charge in [-0.05, 0) is 20.3 Å². The number of carbonyl (C=O) groups excluding carboxylic acids is 4. The maximum atomic E-state index is 11.6. The van der Waals surface area contributed by atoms with Crippen molar-refractivity contribution >= 4 is 23.9 Å². The third kappa shape index (κ3) is 11.0. The summed E-state index contributed by atoms with van der Waals surface area (Å²) in [5.41, 5.74) is 6.08. The highest BCUT2D eigenvalue weighted by Crippen LogP contribution is 2.00. The number of hydrogen-bond acceptors (Lipinski definition) is 9. The number of carbonyl (C=O) groups is 4. The van der Waals surface area contributed by atoms with Crippen LogP contribution in [0.4, 0.5) is 0 Å². The Hall–Kier alpha value is -2.68. The maximum absolute atomic E-state index is 11.6. The highest BCUT2D eigenvalue weighted by atomic mass is 16.6. The van der Waals surface area contributed by atoms with E-state index in [1.165, 1.54) is 13.8 Å². The van der Waals surface area contributed by atoms with Gasteiger partial charge in [0.1, 0.15) is 32.5 Å². The van der Waals surface area contributed by atoms with Crippen LogP contribution >= 0.6 is 0 Å². The molecule has 0 rings (SSSR count). The molecular formula is C17H25NO8. The Labute approximate surface area is 152 Å². The van der Waals surface area contributed by atoms with Gasteiger partial charge in [-0.2, -0.15) is 0 Å². The quantitative estimate of drug-likeness (QED) is 0.224. The summed E-state index contributed by atoms with van der Waals surface area (Å²) in [7, 11) is 0. The molecule has 146 valence electrons. The van der Waals surface area contributed by atoms with Crippen LogP contribution in [-0.4, -0.2) is 56.3 Å². The van der Waals surface area contributed by atoms with Gasteiger partial charge in [-0.1, -0.05) is 13.2 Å². The molecule has 26 heavy (non-hydrogen) atoms. The van der Waals surface area contributed by atoms with Gasteiger partial charge in [0.2, 0.25) is 0 Å². The second-order valence-electron chi connectivity index (χ2n) is 5.37. The standard InChI is InChI=1S/C17H25NO8/c1-11(2)15(20)24-8-7-23-14(19)6-5-13(18)17(22)26-10-9-25-16(21)12(3)4/h13H,1,3,5-10,18H2,2,4H3/t13-/m0/s1. The smallest absolute Gasteiger partial charge is 0.333 e. The van der Waals surface area contributed by atoms with Gasteiger partial charge in [-0.3, -0.25) is 9.59 Å². The van der Waals surface area contributed by atoms with Gasteiger partial charge in [0.25, 0.3) is 0 Å². The van der Waals surface area contributed by atoms with Gasteiger partial charge in [-0.15, -0.1) is 0 Å². The Morgan fingerprint density at radius 2 is 1.23 bits per heavy atom. The van der Waals surface area contributed by atoms with E-state index in [0.717, 1.165) is 0 Å². The first-order valence-electron chi connectivity index (χ1n) is 7.88. The monoisotopic (exact) mass is 371 g/mol. The van der Waals surface area contributed by atoms with E-state index in [2.05, 4.69) is 13.2 Å². The van der Waals surface area contributed by atoms with Crippen molar-refractivity contribution in [2.24, 2.45) is 5.73 Å². The van der Waals surface area contributed by atoms with Crippen molar-refractivity contribution < 1.29 is 38.1 Å². The summed E-state index contributed by atoms with van der Waals surface area (Å²) in [6.07, 6.45) is -0.0792. The summed E-state index contributed by atoms with van der Waals surface area (Å²) in [6.45, 7) is 9.35. The number of hydrogen-bond donors (Lipinski definition) is 1. The zero-order valence-electron chi connectivity index (χ0n) is 15.1. The van der Waals surface area contributed by atoms with Crippen LogP contribution in [0.2, 0.25) is 0 Å². The van der Waals surface area contributed by atoms with Crippen molar-refractivity contribution in [2.45, 2.75) is 32.7 Å². The van der Waals surface area contributed by atoms with Gasteiger partial charge >= 0.3 is 23.9 Å². The molecule has 9 heteroatoms. The van der Waals surface area contributed by atoms with E-state index >= 15 is 0 Å². The first-order valence-corrected chi connectivity index (χ1v) is 7.88. The van der Waals surface area contributed by atoms with E-state index in [4.69, 9.17) is 24.7 Å². The van der Waals surface area contributed by atoms with Crippen molar-refractivity contribution in [1.29, 1.82) is 0 Å². The molecule has 0 heterocycles. The molecule has 0 saturated carbocycles. The molecule has 0 spiro atoms. The maximum Gasteiger partial charge on any atom is 0.333 e. The molecule has 0 aromatic rings. The van der Waals surface area contributed by atoms with Gasteiger partial charge in [0.15, 0.2) is 0 Å². The van der Waals surface area contributed by atoms with Crippen LogP contribution in [0, 0.1) is 0 Å². The van der Waals surface area contributed by atoms with E-state index in [1.807, 2.05) is 0 Å². The number of rotatable bonds is 12. The predicted octanol–water partition coefficient (Wildman–Crippen LogP) is 0.419. The minimum atomic E-state index is -1.01. The molecule has 0 aliphatic carbocycles. The van der Waals surface area contributed by atoms with Crippen molar-refractivity contribution in [1.82, 2.24) is 0 Å². The van der Waals surface area contributed by atoms with Gasteiger partial charge in [0.05, 0.1) is 0 Å². The fourth-order valence-corrected chi connectivity index (χ4v) is 1.38. The lowest BCUT2D eigenvalue weighted by Crippen LogP contribution is -2.33. The minimum Gasteiger partial charge on any atom is -0.462 e. The molecular weight excluding hydrogens is 346 g/mol. The van der Waals surface area contributed by atoms with Gasteiger partial charge < -0.3 is 24.7 Å². The van der Waals surface area contributed by atoms with E-state index in [1.54, 1.807) is 0 Å². The molecule has 0 aliphatic rings. The van der Waals surface area contributed by atoms with E-state index < -0.39 is 29.9 Å². The molecule has 0 amide bonds. The fraction of sp³-hybridized carbons (Fsp3) is 0.529. The van der Waals surface area contributed by atoms with Crippen molar-refractivity contribution in [2.75, 3.05) is 26.4 Å². The Balaban J connectivity index is 3.83. The molecule has 0 fully saturated rings. The number of ether oxygens (including phenoxy) is 4. The average molecular weight is 371 g/mol. The molecule has 0 aliphatic heterocycles. The van der Waals surface area contributed by atoms with Crippen LogP contribution in [0.3, 0.4) is 0 Å². The highest BCUT2D eigenvalue weighted by molar-refractivity contribution is 5.87. The average Bonchev–Trinajstić information content (AvgIpc) is 2.59. The molecule has 2 N–H and O–H groups in total. The Morgan fingerprint density at radius 3 is 1.69 bits per heavy atom. The lowest BCUT2D eigenvalue weighted by atomic mass is 10.2. The van der Waals surface area contributed by atoms with Crippen LogP contribution in [-0.2, 0) is 38.1 Å². The number of nitrogens with two attached hydrogens (primary N) is 1. The third-order valence-electron chi connectivity index (χ3n) is 2.80. The molecule has 1 atom stereocenters. The number of esters is 4. The van der Waals surface area contributed by atoms with Crippen LogP contribution in [0.1, 0.15) is 26.7 Å². The zero-order chi connectivity index (χ0) is 20.1. The first kappa shape index (κ1) is 23.3. The largest absolute Gasteiger partial charge is 0.462 e. The third-order valence-corrected chi connectivity index (χ3v) is 2.80. The summed E-state index contributed by atoms with van der Waals surface area (Å²) >= 11 is 0. The van der Waals surface area contributed by atoms with Crippen LogP contribution in [0.25, 0.3) is 0 Å². The zero-order valence-corrected chi connectivity index (χ0v) is 15.1. The lowest BCUT2D eigenvalue weighted by Gasteiger charge is -2.11. The van der Waals surface area contributed by atoms with Gasteiger partial charge in [0, 0.05) is 17.6 Å². The van der Waals surface area contributed by atoms with Gasteiger partial charge in [-0.25, -0.2) is 9.59 Å². The van der Waals surface area contributed by atoms with Crippen LogP contribution in [0.15, 0.2) is 24.3 Å². The molecule has 0 aromatic carbocycles. The summed E-state index contributed by atoms with van der Waals surface area (Å²) in [5.74, 6) is -2.46. The minimum absolute atomic E-state index is 0.0226. The van der Waals surface area contributed by atoms with E-state index in [0.29, 0.717) is 0 Å². The Kier molecular flexibility index (Phi) is 11.3. The SMILES string of the molecule is C=C(C)C(=O)OCCOC(=O)CC[C@H](N)C(=O)OCCOC(=O)C(=C)C. The second-order valence-corrected chi connectivity index (χ2v) is 5.37. The molecule has 0 radical (unpaired) electrons. The highest BCUT2D eigenvalue weighted by Gasteiger charge is 2.17. The molecule has 0 bridgehead atoms. The summed E-state index contributed by atoms with van der Waals surface area (Å²) in [5, 5.41) is 0. The Morgan fingerprint density at radius 1 is 0.808 bits per heavy atom. The van der Waals surface area contributed by atoms with Crippen LogP contribution in [0.5, 0.6) is 0 Å². The topological polar surface area (TPSA) is 131 Å². The lowest BCUT2D eigenvalue weighted by molar-refractivity contribution is -0.152. The summed E-state index contributed by atoms with van der Waals surface area (Å²) in [6, 6.07) is -1.01. The fourth-order valence-electron chi connectivity index (χ4n) is 1.38. The van der Waals surface area contributed by atoms with Crippen molar-refractivity contribution in [3.05, 3.63) is 24.3 Å². The molecule has 9 nitrogen and oxygen atoms in total. The summed E-state index contributed by atoms with van der Waals surface area (Å²) in [4.78, 5) is 45.3. The van der Waals surface area contributed by atoms with E-state index in [-0.39, 0.29) is 50.4 Å². The Bertz CT molecular complexity index is 555. The second kappa shape index (κ2) is 12.6. The first-order chi connectivity index (χ1) is 12.1. The normalized spacial score (nSPS) is 11.0. The molecule has 0 saturated heterocycles.